The average Bonchev–Trinajstić information content (AvgIpc) is 2.96. The van der Waals surface area contributed by atoms with Crippen molar-refractivity contribution in [3.05, 3.63) is 58.5 Å². The zero-order chi connectivity index (χ0) is 17.3. The third-order valence-electron chi connectivity index (χ3n) is 3.51. The molecule has 0 spiro atoms. The van der Waals surface area contributed by atoms with Crippen molar-refractivity contribution in [3.63, 3.8) is 0 Å². The fourth-order valence-electron chi connectivity index (χ4n) is 2.19. The van der Waals surface area contributed by atoms with Gasteiger partial charge in [0.05, 0.1) is 17.3 Å². The second-order valence-electron chi connectivity index (χ2n) is 5.82. The van der Waals surface area contributed by atoms with Gasteiger partial charge in [0.25, 0.3) is 0 Å². The molecule has 0 radical (unpaired) electrons. The van der Waals surface area contributed by atoms with Crippen molar-refractivity contribution in [2.24, 2.45) is 0 Å². The summed E-state index contributed by atoms with van der Waals surface area (Å²) in [6, 6.07) is 12.7. The van der Waals surface area contributed by atoms with Crippen LogP contribution in [0, 0.1) is 11.3 Å². The van der Waals surface area contributed by atoms with Crippen LogP contribution in [0.4, 0.5) is 0 Å². The van der Waals surface area contributed by atoms with E-state index in [1.54, 1.807) is 50.4 Å². The SMILES string of the molecule is CC(C)(O)c1ccc(-c2nc(-c3ccc(C#N)cc3)oc2Br)cn1. The van der Waals surface area contributed by atoms with Gasteiger partial charge in [-0.3, -0.25) is 4.98 Å². The van der Waals surface area contributed by atoms with Crippen molar-refractivity contribution in [2.75, 3.05) is 0 Å². The van der Waals surface area contributed by atoms with E-state index in [0.29, 0.717) is 27.5 Å². The number of pyridine rings is 1. The third-order valence-corrected chi connectivity index (χ3v) is 4.05. The summed E-state index contributed by atoms with van der Waals surface area (Å²) >= 11 is 3.38. The first-order chi connectivity index (χ1) is 11.4. The molecule has 3 aromatic rings. The number of hydrogen-bond donors (Lipinski definition) is 1. The van der Waals surface area contributed by atoms with E-state index >= 15 is 0 Å². The Balaban J connectivity index is 1.95. The minimum atomic E-state index is -0.993. The molecule has 2 aromatic heterocycles. The summed E-state index contributed by atoms with van der Waals surface area (Å²) in [5.41, 5.74) is 2.35. The number of hydrogen-bond acceptors (Lipinski definition) is 5. The molecule has 5 nitrogen and oxygen atoms in total. The van der Waals surface area contributed by atoms with Crippen LogP contribution in [-0.2, 0) is 5.60 Å². The number of nitriles is 1. The minimum absolute atomic E-state index is 0.452. The van der Waals surface area contributed by atoms with Crippen LogP contribution in [0.15, 0.2) is 51.7 Å². The lowest BCUT2D eigenvalue weighted by Gasteiger charge is -2.16. The Hall–Kier alpha value is -2.49. The molecule has 0 saturated carbocycles. The van der Waals surface area contributed by atoms with Crippen LogP contribution in [0.1, 0.15) is 25.1 Å². The Morgan fingerprint density at radius 1 is 1.12 bits per heavy atom. The molecule has 3 rings (SSSR count). The molecule has 0 atom stereocenters. The lowest BCUT2D eigenvalue weighted by molar-refractivity contribution is 0.0739. The highest BCUT2D eigenvalue weighted by molar-refractivity contribution is 9.10. The molecule has 0 aliphatic rings. The van der Waals surface area contributed by atoms with E-state index in [4.69, 9.17) is 9.68 Å². The summed E-state index contributed by atoms with van der Waals surface area (Å²) in [5.74, 6) is 0.452. The quantitative estimate of drug-likeness (QED) is 0.729. The van der Waals surface area contributed by atoms with Gasteiger partial charge in [-0.1, -0.05) is 0 Å². The van der Waals surface area contributed by atoms with E-state index in [1.165, 1.54) is 0 Å². The first-order valence-electron chi connectivity index (χ1n) is 7.24. The number of nitrogens with zero attached hydrogens (tertiary/aromatic N) is 3. The normalized spacial score (nSPS) is 11.3. The molecule has 0 bridgehead atoms. The summed E-state index contributed by atoms with van der Waals surface area (Å²) < 4.78 is 6.17. The van der Waals surface area contributed by atoms with Gasteiger partial charge in [-0.25, -0.2) is 4.98 Å². The van der Waals surface area contributed by atoms with Crippen molar-refractivity contribution in [1.29, 1.82) is 5.26 Å². The summed E-state index contributed by atoms with van der Waals surface area (Å²) in [6.07, 6.45) is 1.65. The summed E-state index contributed by atoms with van der Waals surface area (Å²) in [6.45, 7) is 3.37. The van der Waals surface area contributed by atoms with E-state index in [-0.39, 0.29) is 0 Å². The van der Waals surface area contributed by atoms with Gasteiger partial charge in [0.2, 0.25) is 5.89 Å². The monoisotopic (exact) mass is 383 g/mol. The van der Waals surface area contributed by atoms with Gasteiger partial charge >= 0.3 is 0 Å². The topological polar surface area (TPSA) is 82.9 Å². The number of rotatable bonds is 3. The molecular weight excluding hydrogens is 370 g/mol. The van der Waals surface area contributed by atoms with E-state index in [1.807, 2.05) is 6.07 Å². The Bertz CT molecular complexity index is 901. The second-order valence-corrected chi connectivity index (χ2v) is 6.54. The van der Waals surface area contributed by atoms with Gasteiger partial charge in [0.15, 0.2) is 4.67 Å². The summed E-state index contributed by atoms with van der Waals surface area (Å²) in [4.78, 5) is 8.78. The van der Waals surface area contributed by atoms with Crippen LogP contribution in [-0.4, -0.2) is 15.1 Å². The van der Waals surface area contributed by atoms with Gasteiger partial charge in [-0.05, 0) is 66.2 Å². The zero-order valence-electron chi connectivity index (χ0n) is 13.1. The molecule has 0 unspecified atom stereocenters. The number of halogens is 1. The van der Waals surface area contributed by atoms with Gasteiger partial charge in [0, 0.05) is 17.3 Å². The van der Waals surface area contributed by atoms with Crippen LogP contribution in [0.25, 0.3) is 22.7 Å². The Morgan fingerprint density at radius 3 is 2.33 bits per heavy atom. The average molecular weight is 384 g/mol. The predicted molar refractivity (Wildman–Crippen MR) is 92.8 cm³/mol. The Kier molecular flexibility index (Phi) is 4.22. The summed E-state index contributed by atoms with van der Waals surface area (Å²) in [7, 11) is 0. The number of aliphatic hydroxyl groups is 1. The molecular formula is C18H14BrN3O2. The van der Waals surface area contributed by atoms with Crippen LogP contribution in [0.5, 0.6) is 0 Å². The molecule has 0 aliphatic heterocycles. The number of aromatic nitrogens is 2. The third kappa shape index (κ3) is 3.23. The van der Waals surface area contributed by atoms with Crippen LogP contribution in [0.2, 0.25) is 0 Å². The smallest absolute Gasteiger partial charge is 0.228 e. The van der Waals surface area contributed by atoms with Crippen LogP contribution in [0.3, 0.4) is 0 Å². The van der Waals surface area contributed by atoms with E-state index in [9.17, 15) is 5.11 Å². The molecule has 0 aliphatic carbocycles. The Labute approximate surface area is 147 Å². The maximum atomic E-state index is 9.97. The lowest BCUT2D eigenvalue weighted by Crippen LogP contribution is -2.17. The van der Waals surface area contributed by atoms with Crippen LogP contribution < -0.4 is 0 Å². The van der Waals surface area contributed by atoms with Crippen molar-refractivity contribution < 1.29 is 9.52 Å². The van der Waals surface area contributed by atoms with Crippen molar-refractivity contribution in [2.45, 2.75) is 19.4 Å². The van der Waals surface area contributed by atoms with Crippen molar-refractivity contribution >= 4 is 15.9 Å². The minimum Gasteiger partial charge on any atom is -0.429 e. The molecule has 1 aromatic carbocycles. The lowest BCUT2D eigenvalue weighted by atomic mass is 10.0. The highest BCUT2D eigenvalue weighted by atomic mass is 79.9. The van der Waals surface area contributed by atoms with Gasteiger partial charge in [0.1, 0.15) is 11.3 Å². The van der Waals surface area contributed by atoms with Gasteiger partial charge in [-0.2, -0.15) is 5.26 Å². The summed E-state index contributed by atoms with van der Waals surface area (Å²) in [5, 5.41) is 18.8. The standard InChI is InChI=1S/C18H14BrN3O2/c1-18(2,23)14-8-7-13(10-21-14)15-16(19)24-17(22-15)12-5-3-11(9-20)4-6-12/h3-8,10,23H,1-2H3. The van der Waals surface area contributed by atoms with Gasteiger partial charge in [-0.15, -0.1) is 0 Å². The molecule has 1 N–H and O–H groups in total. The molecule has 0 amide bonds. The molecule has 120 valence electrons. The highest BCUT2D eigenvalue weighted by Crippen LogP contribution is 2.33. The maximum Gasteiger partial charge on any atom is 0.228 e. The molecule has 6 heteroatoms. The van der Waals surface area contributed by atoms with Crippen LogP contribution >= 0.6 is 15.9 Å². The Morgan fingerprint density at radius 2 is 1.79 bits per heavy atom. The number of oxazole rings is 1. The first-order valence-corrected chi connectivity index (χ1v) is 8.04. The zero-order valence-corrected chi connectivity index (χ0v) is 14.7. The second kappa shape index (κ2) is 6.19. The molecule has 24 heavy (non-hydrogen) atoms. The fraction of sp³-hybridized carbons (Fsp3) is 0.167. The number of benzene rings is 1. The molecule has 0 fully saturated rings. The van der Waals surface area contributed by atoms with E-state index in [0.717, 1.165) is 11.1 Å². The van der Waals surface area contributed by atoms with E-state index in [2.05, 4.69) is 32.0 Å². The van der Waals surface area contributed by atoms with Gasteiger partial charge < -0.3 is 9.52 Å². The highest BCUT2D eigenvalue weighted by Gasteiger charge is 2.19. The predicted octanol–water partition coefficient (Wildman–Crippen LogP) is 4.27. The van der Waals surface area contributed by atoms with E-state index < -0.39 is 5.60 Å². The fourth-order valence-corrected chi connectivity index (χ4v) is 2.66. The first kappa shape index (κ1) is 16.4. The molecule has 2 heterocycles. The van der Waals surface area contributed by atoms with Crippen molar-refractivity contribution in [3.8, 4) is 28.8 Å². The largest absolute Gasteiger partial charge is 0.429 e. The molecule has 0 saturated heterocycles. The van der Waals surface area contributed by atoms with Crippen molar-refractivity contribution in [1.82, 2.24) is 9.97 Å². The maximum absolute atomic E-state index is 9.97.